The highest BCUT2D eigenvalue weighted by Gasteiger charge is 2.15. The smallest absolute Gasteiger partial charge is 0.306 e. The van der Waals surface area contributed by atoms with Gasteiger partial charge in [-0.3, -0.25) is 4.79 Å². The molecule has 0 unspecified atom stereocenters. The average Bonchev–Trinajstić information content (AvgIpc) is 2.20. The van der Waals surface area contributed by atoms with Gasteiger partial charge in [-0.25, -0.2) is 4.39 Å². The van der Waals surface area contributed by atoms with E-state index >= 15 is 0 Å². The minimum Gasteiger partial charge on any atom is -0.460 e. The first-order valence-corrected chi connectivity index (χ1v) is 6.73. The second kappa shape index (κ2) is 6.32. The van der Waals surface area contributed by atoms with Crippen LogP contribution < -0.4 is 0 Å². The maximum absolute atomic E-state index is 13.4. The Balaban J connectivity index is 2.42. The first-order valence-electron chi connectivity index (χ1n) is 5.94. The molecule has 0 bridgehead atoms. The lowest BCUT2D eigenvalue weighted by Gasteiger charge is -2.19. The van der Waals surface area contributed by atoms with E-state index < -0.39 is 5.60 Å². The molecule has 0 aliphatic carbocycles. The minimum absolute atomic E-state index is 0.234. The van der Waals surface area contributed by atoms with E-state index in [-0.39, 0.29) is 11.8 Å². The molecule has 0 fully saturated rings. The molecular weight excluding hydrogens is 299 g/mol. The third kappa shape index (κ3) is 5.63. The van der Waals surface area contributed by atoms with E-state index in [0.29, 0.717) is 24.8 Å². The summed E-state index contributed by atoms with van der Waals surface area (Å²) in [7, 11) is 0. The maximum Gasteiger partial charge on any atom is 0.306 e. The van der Waals surface area contributed by atoms with Gasteiger partial charge in [-0.05, 0) is 57.4 Å². The molecule has 0 amide bonds. The highest BCUT2D eigenvalue weighted by molar-refractivity contribution is 9.10. The lowest BCUT2D eigenvalue weighted by atomic mass is 10.1. The van der Waals surface area contributed by atoms with Gasteiger partial charge in [0, 0.05) is 10.9 Å². The van der Waals surface area contributed by atoms with Gasteiger partial charge in [0.2, 0.25) is 0 Å². The summed E-state index contributed by atoms with van der Waals surface area (Å²) in [6.45, 7) is 5.50. The van der Waals surface area contributed by atoms with Gasteiger partial charge in [0.15, 0.2) is 0 Å². The predicted molar refractivity (Wildman–Crippen MR) is 72.9 cm³/mol. The van der Waals surface area contributed by atoms with Gasteiger partial charge in [-0.1, -0.05) is 15.9 Å². The van der Waals surface area contributed by atoms with Crippen LogP contribution in [-0.4, -0.2) is 11.6 Å². The number of hydrogen-bond acceptors (Lipinski definition) is 2. The molecule has 18 heavy (non-hydrogen) atoms. The van der Waals surface area contributed by atoms with E-state index in [1.807, 2.05) is 20.8 Å². The molecule has 0 aliphatic rings. The third-order valence-electron chi connectivity index (χ3n) is 2.25. The quantitative estimate of drug-likeness (QED) is 0.776. The number of carbonyl (C=O) groups is 1. The molecule has 0 saturated carbocycles. The van der Waals surface area contributed by atoms with Gasteiger partial charge >= 0.3 is 5.97 Å². The molecule has 4 heteroatoms. The van der Waals surface area contributed by atoms with Gasteiger partial charge < -0.3 is 4.74 Å². The highest BCUT2D eigenvalue weighted by atomic mass is 79.9. The Morgan fingerprint density at radius 3 is 2.67 bits per heavy atom. The number of ether oxygens (including phenoxy) is 1. The molecule has 0 radical (unpaired) electrons. The summed E-state index contributed by atoms with van der Waals surface area (Å²) in [4.78, 5) is 11.5. The summed E-state index contributed by atoms with van der Waals surface area (Å²) in [6, 6.07) is 4.82. The molecular formula is C14H18BrFO2. The van der Waals surface area contributed by atoms with E-state index in [1.54, 1.807) is 12.1 Å². The van der Waals surface area contributed by atoms with Crippen molar-refractivity contribution in [2.24, 2.45) is 0 Å². The van der Waals surface area contributed by atoms with Crippen molar-refractivity contribution in [3.05, 3.63) is 34.1 Å². The van der Waals surface area contributed by atoms with Crippen molar-refractivity contribution >= 4 is 21.9 Å². The molecule has 0 spiro atoms. The zero-order chi connectivity index (χ0) is 13.8. The standard InChI is InChI=1S/C14H18BrFO2/c1-14(2,3)18-13(17)6-4-5-10-9-11(15)7-8-12(10)16/h7-9H,4-6H2,1-3H3. The van der Waals surface area contributed by atoms with Gasteiger partial charge in [0.1, 0.15) is 11.4 Å². The van der Waals surface area contributed by atoms with Crippen molar-refractivity contribution in [2.75, 3.05) is 0 Å². The first kappa shape index (κ1) is 15.2. The summed E-state index contributed by atoms with van der Waals surface area (Å²) in [5, 5.41) is 0. The van der Waals surface area contributed by atoms with Crippen LogP contribution in [0, 0.1) is 5.82 Å². The van der Waals surface area contributed by atoms with Crippen LogP contribution in [0.5, 0.6) is 0 Å². The summed E-state index contributed by atoms with van der Waals surface area (Å²) >= 11 is 3.30. The fourth-order valence-corrected chi connectivity index (χ4v) is 1.96. The molecule has 1 rings (SSSR count). The van der Waals surface area contributed by atoms with Gasteiger partial charge in [-0.15, -0.1) is 0 Å². The van der Waals surface area contributed by atoms with Gasteiger partial charge in [-0.2, -0.15) is 0 Å². The lowest BCUT2D eigenvalue weighted by molar-refractivity contribution is -0.154. The molecule has 1 aromatic carbocycles. The van der Waals surface area contributed by atoms with Crippen LogP contribution in [0.25, 0.3) is 0 Å². The minimum atomic E-state index is -0.460. The van der Waals surface area contributed by atoms with Crippen molar-refractivity contribution in [2.45, 2.75) is 45.6 Å². The molecule has 100 valence electrons. The third-order valence-corrected chi connectivity index (χ3v) is 2.75. The van der Waals surface area contributed by atoms with Crippen molar-refractivity contribution in [1.82, 2.24) is 0 Å². The van der Waals surface area contributed by atoms with E-state index in [2.05, 4.69) is 15.9 Å². The van der Waals surface area contributed by atoms with Crippen molar-refractivity contribution in [3.63, 3.8) is 0 Å². The summed E-state index contributed by atoms with van der Waals surface area (Å²) in [5.41, 5.74) is 0.158. The molecule has 0 atom stereocenters. The summed E-state index contributed by atoms with van der Waals surface area (Å²) in [5.74, 6) is -0.472. The molecule has 0 saturated heterocycles. The van der Waals surface area contributed by atoms with Crippen LogP contribution in [-0.2, 0) is 16.0 Å². The maximum atomic E-state index is 13.4. The van der Waals surface area contributed by atoms with Crippen LogP contribution in [0.4, 0.5) is 4.39 Å². The monoisotopic (exact) mass is 316 g/mol. The van der Waals surface area contributed by atoms with Crippen LogP contribution in [0.2, 0.25) is 0 Å². The Labute approximate surface area is 116 Å². The zero-order valence-electron chi connectivity index (χ0n) is 10.9. The Bertz CT molecular complexity index is 424. The Kier molecular flexibility index (Phi) is 5.32. The molecule has 0 aromatic heterocycles. The Hall–Kier alpha value is -0.900. The molecule has 1 aromatic rings. The van der Waals surface area contributed by atoms with E-state index in [4.69, 9.17) is 4.74 Å². The van der Waals surface area contributed by atoms with Crippen molar-refractivity contribution < 1.29 is 13.9 Å². The lowest BCUT2D eigenvalue weighted by Crippen LogP contribution is -2.23. The van der Waals surface area contributed by atoms with Crippen LogP contribution in [0.3, 0.4) is 0 Å². The number of halogens is 2. The largest absolute Gasteiger partial charge is 0.460 e. The number of hydrogen-bond donors (Lipinski definition) is 0. The normalized spacial score (nSPS) is 11.4. The SMILES string of the molecule is CC(C)(C)OC(=O)CCCc1cc(Br)ccc1F. The molecule has 0 aliphatic heterocycles. The number of benzene rings is 1. The Morgan fingerprint density at radius 2 is 2.06 bits per heavy atom. The van der Waals surface area contributed by atoms with Gasteiger partial charge in [0.25, 0.3) is 0 Å². The topological polar surface area (TPSA) is 26.3 Å². The predicted octanol–water partition coefficient (Wildman–Crippen LogP) is 4.25. The summed E-state index contributed by atoms with van der Waals surface area (Å²) in [6.07, 6.45) is 1.43. The average molecular weight is 317 g/mol. The van der Waals surface area contributed by atoms with E-state index in [0.717, 1.165) is 4.47 Å². The number of carbonyl (C=O) groups excluding carboxylic acids is 1. The second-order valence-electron chi connectivity index (χ2n) is 5.18. The van der Waals surface area contributed by atoms with Crippen LogP contribution in [0.15, 0.2) is 22.7 Å². The summed E-state index contributed by atoms with van der Waals surface area (Å²) < 4.78 is 19.5. The van der Waals surface area contributed by atoms with Crippen LogP contribution in [0.1, 0.15) is 39.2 Å². The highest BCUT2D eigenvalue weighted by Crippen LogP contribution is 2.18. The number of esters is 1. The number of aryl methyl sites for hydroxylation is 1. The molecule has 0 heterocycles. The zero-order valence-corrected chi connectivity index (χ0v) is 12.5. The molecule has 0 N–H and O–H groups in total. The van der Waals surface area contributed by atoms with E-state index in [9.17, 15) is 9.18 Å². The van der Waals surface area contributed by atoms with Crippen LogP contribution >= 0.6 is 15.9 Å². The Morgan fingerprint density at radius 1 is 1.39 bits per heavy atom. The fraction of sp³-hybridized carbons (Fsp3) is 0.500. The van der Waals surface area contributed by atoms with Crippen molar-refractivity contribution in [3.8, 4) is 0 Å². The van der Waals surface area contributed by atoms with Gasteiger partial charge in [0.05, 0.1) is 0 Å². The second-order valence-corrected chi connectivity index (χ2v) is 6.09. The van der Waals surface area contributed by atoms with E-state index in [1.165, 1.54) is 6.07 Å². The fourth-order valence-electron chi connectivity index (χ4n) is 1.55. The van der Waals surface area contributed by atoms with Crippen molar-refractivity contribution in [1.29, 1.82) is 0 Å². The molecule has 2 nitrogen and oxygen atoms in total. The number of rotatable bonds is 4. The first-order chi connectivity index (χ1) is 8.28.